The number of aliphatic hydroxyl groups is 1. The zero-order chi connectivity index (χ0) is 11.5. The molecule has 1 aromatic rings. The van der Waals surface area contributed by atoms with Crippen molar-refractivity contribution in [1.29, 1.82) is 0 Å². The van der Waals surface area contributed by atoms with Gasteiger partial charge in [0.1, 0.15) is 17.5 Å². The Labute approximate surface area is 91.1 Å². The Bertz CT molecular complexity index is 318. The number of pyridine rings is 1. The molecule has 15 heavy (non-hydrogen) atoms. The van der Waals surface area contributed by atoms with Crippen LogP contribution in [0.3, 0.4) is 0 Å². The molecule has 1 unspecified atom stereocenters. The Kier molecular flexibility index (Phi) is 3.69. The molecule has 1 N–H and O–H groups in total. The van der Waals surface area contributed by atoms with Crippen molar-refractivity contribution in [2.45, 2.75) is 33.3 Å². The Morgan fingerprint density at radius 3 is 2.67 bits per heavy atom. The molecule has 0 aliphatic carbocycles. The van der Waals surface area contributed by atoms with E-state index in [1.54, 1.807) is 19.4 Å². The van der Waals surface area contributed by atoms with Crippen LogP contribution < -0.4 is 4.74 Å². The number of nitrogens with zero attached hydrogens (tertiary/aromatic N) is 1. The molecule has 1 rings (SSSR count). The summed E-state index contributed by atoms with van der Waals surface area (Å²) in [6.07, 6.45) is 1.77. The summed E-state index contributed by atoms with van der Waals surface area (Å²) in [6.45, 7) is 6.27. The van der Waals surface area contributed by atoms with E-state index >= 15 is 0 Å². The van der Waals surface area contributed by atoms with Crippen molar-refractivity contribution in [3.05, 3.63) is 24.0 Å². The zero-order valence-electron chi connectivity index (χ0n) is 9.82. The van der Waals surface area contributed by atoms with Gasteiger partial charge in [-0.1, -0.05) is 20.8 Å². The molecule has 0 aliphatic rings. The minimum absolute atomic E-state index is 0.0714. The fourth-order valence-electron chi connectivity index (χ4n) is 1.50. The average molecular weight is 209 g/mol. The third-order valence-electron chi connectivity index (χ3n) is 2.14. The first-order valence-corrected chi connectivity index (χ1v) is 5.11. The van der Waals surface area contributed by atoms with Gasteiger partial charge in [-0.2, -0.15) is 0 Å². The summed E-state index contributed by atoms with van der Waals surface area (Å²) >= 11 is 0. The molecule has 84 valence electrons. The number of ether oxygens (including phenoxy) is 1. The maximum Gasteiger partial charge on any atom is 0.143 e. The number of aliphatic hydroxyl groups excluding tert-OH is 1. The van der Waals surface area contributed by atoms with E-state index in [0.717, 1.165) is 0 Å². The van der Waals surface area contributed by atoms with Crippen LogP contribution in [0.2, 0.25) is 0 Å². The van der Waals surface area contributed by atoms with Gasteiger partial charge in [0, 0.05) is 6.20 Å². The summed E-state index contributed by atoms with van der Waals surface area (Å²) in [6, 6.07) is 3.61. The number of hydrogen-bond acceptors (Lipinski definition) is 3. The fraction of sp³-hybridized carbons (Fsp3) is 0.583. The van der Waals surface area contributed by atoms with Gasteiger partial charge in [-0.15, -0.1) is 0 Å². The van der Waals surface area contributed by atoms with Crippen molar-refractivity contribution < 1.29 is 9.84 Å². The van der Waals surface area contributed by atoms with E-state index in [1.165, 1.54) is 0 Å². The predicted molar refractivity (Wildman–Crippen MR) is 59.8 cm³/mol. The molecule has 0 aliphatic heterocycles. The molecule has 0 radical (unpaired) electrons. The van der Waals surface area contributed by atoms with Crippen LogP contribution in [-0.4, -0.2) is 17.2 Å². The van der Waals surface area contributed by atoms with Crippen molar-refractivity contribution in [2.24, 2.45) is 5.41 Å². The van der Waals surface area contributed by atoms with Gasteiger partial charge in [0.05, 0.1) is 7.11 Å². The first-order chi connectivity index (χ1) is 6.94. The van der Waals surface area contributed by atoms with Crippen LogP contribution in [0.5, 0.6) is 5.75 Å². The second kappa shape index (κ2) is 4.62. The minimum Gasteiger partial charge on any atom is -0.495 e. The Morgan fingerprint density at radius 1 is 1.47 bits per heavy atom. The molecule has 0 bridgehead atoms. The molecular formula is C12H19NO2. The smallest absolute Gasteiger partial charge is 0.143 e. The normalized spacial score (nSPS) is 13.7. The van der Waals surface area contributed by atoms with Crippen molar-refractivity contribution in [3.63, 3.8) is 0 Å². The van der Waals surface area contributed by atoms with Gasteiger partial charge in [0.25, 0.3) is 0 Å². The Morgan fingerprint density at radius 2 is 2.13 bits per heavy atom. The highest BCUT2D eigenvalue weighted by Crippen LogP contribution is 2.32. The topological polar surface area (TPSA) is 42.4 Å². The van der Waals surface area contributed by atoms with Crippen molar-refractivity contribution in [2.75, 3.05) is 7.11 Å². The second-order valence-corrected chi connectivity index (χ2v) is 4.87. The van der Waals surface area contributed by atoms with Gasteiger partial charge in [-0.3, -0.25) is 4.98 Å². The van der Waals surface area contributed by atoms with Crippen LogP contribution >= 0.6 is 0 Å². The van der Waals surface area contributed by atoms with Crippen molar-refractivity contribution in [1.82, 2.24) is 4.98 Å². The van der Waals surface area contributed by atoms with E-state index in [2.05, 4.69) is 25.8 Å². The van der Waals surface area contributed by atoms with E-state index in [4.69, 9.17) is 4.74 Å². The van der Waals surface area contributed by atoms with Crippen LogP contribution in [0.25, 0.3) is 0 Å². The molecule has 1 aromatic heterocycles. The maximum atomic E-state index is 10.0. The SMILES string of the molecule is COc1cccnc1C(O)CC(C)(C)C. The summed E-state index contributed by atoms with van der Waals surface area (Å²) in [7, 11) is 1.59. The molecule has 1 atom stereocenters. The third-order valence-corrected chi connectivity index (χ3v) is 2.14. The molecule has 3 heteroatoms. The number of rotatable bonds is 3. The fourth-order valence-corrected chi connectivity index (χ4v) is 1.50. The number of hydrogen-bond donors (Lipinski definition) is 1. The lowest BCUT2D eigenvalue weighted by Gasteiger charge is -2.22. The average Bonchev–Trinajstić information content (AvgIpc) is 2.15. The van der Waals surface area contributed by atoms with E-state index < -0.39 is 6.10 Å². The van der Waals surface area contributed by atoms with E-state index in [1.807, 2.05) is 6.07 Å². The van der Waals surface area contributed by atoms with Gasteiger partial charge >= 0.3 is 0 Å². The van der Waals surface area contributed by atoms with E-state index in [0.29, 0.717) is 17.9 Å². The van der Waals surface area contributed by atoms with Crippen molar-refractivity contribution in [3.8, 4) is 5.75 Å². The zero-order valence-corrected chi connectivity index (χ0v) is 9.82. The lowest BCUT2D eigenvalue weighted by Crippen LogP contribution is -2.13. The largest absolute Gasteiger partial charge is 0.495 e. The van der Waals surface area contributed by atoms with E-state index in [9.17, 15) is 5.11 Å². The van der Waals surface area contributed by atoms with Crippen LogP contribution in [0.1, 0.15) is 39.0 Å². The van der Waals surface area contributed by atoms with Crippen LogP contribution in [0, 0.1) is 5.41 Å². The highest BCUT2D eigenvalue weighted by atomic mass is 16.5. The molecule has 0 aromatic carbocycles. The van der Waals surface area contributed by atoms with Gasteiger partial charge in [-0.05, 0) is 24.0 Å². The molecular weight excluding hydrogens is 190 g/mol. The van der Waals surface area contributed by atoms with Crippen LogP contribution in [0.15, 0.2) is 18.3 Å². The van der Waals surface area contributed by atoms with Gasteiger partial charge in [-0.25, -0.2) is 0 Å². The highest BCUT2D eigenvalue weighted by Gasteiger charge is 2.21. The van der Waals surface area contributed by atoms with Gasteiger partial charge < -0.3 is 9.84 Å². The minimum atomic E-state index is -0.568. The van der Waals surface area contributed by atoms with Crippen molar-refractivity contribution >= 4 is 0 Å². The standard InChI is InChI=1S/C12H19NO2/c1-12(2,3)8-9(14)11-10(15-4)6-5-7-13-11/h5-7,9,14H,8H2,1-4H3. The summed E-state index contributed by atoms with van der Waals surface area (Å²) in [5.41, 5.74) is 0.692. The van der Waals surface area contributed by atoms with Crippen LogP contribution in [0.4, 0.5) is 0 Å². The summed E-state index contributed by atoms with van der Waals surface area (Å²) in [5.74, 6) is 0.647. The molecule has 0 fully saturated rings. The molecule has 3 nitrogen and oxygen atoms in total. The summed E-state index contributed by atoms with van der Waals surface area (Å²) in [5, 5.41) is 10.0. The quantitative estimate of drug-likeness (QED) is 0.832. The third kappa shape index (κ3) is 3.51. The van der Waals surface area contributed by atoms with E-state index in [-0.39, 0.29) is 5.41 Å². The highest BCUT2D eigenvalue weighted by molar-refractivity contribution is 5.28. The summed E-state index contributed by atoms with van der Waals surface area (Å²) < 4.78 is 5.16. The first kappa shape index (κ1) is 12.0. The predicted octanol–water partition coefficient (Wildman–Crippen LogP) is 2.56. The number of aromatic nitrogens is 1. The number of methoxy groups -OCH3 is 1. The monoisotopic (exact) mass is 209 g/mol. The molecule has 0 saturated carbocycles. The summed E-state index contributed by atoms with van der Waals surface area (Å²) in [4.78, 5) is 4.16. The molecule has 0 spiro atoms. The van der Waals surface area contributed by atoms with Crippen LogP contribution in [-0.2, 0) is 0 Å². The maximum absolute atomic E-state index is 10.0. The Balaban J connectivity index is 2.86. The van der Waals surface area contributed by atoms with Gasteiger partial charge in [0.2, 0.25) is 0 Å². The first-order valence-electron chi connectivity index (χ1n) is 5.11. The molecule has 1 heterocycles. The lowest BCUT2D eigenvalue weighted by molar-refractivity contribution is 0.115. The molecule has 0 saturated heterocycles. The molecule has 0 amide bonds. The lowest BCUT2D eigenvalue weighted by atomic mass is 9.88. The van der Waals surface area contributed by atoms with Gasteiger partial charge in [0.15, 0.2) is 0 Å². The second-order valence-electron chi connectivity index (χ2n) is 4.87. The Hall–Kier alpha value is -1.09.